The van der Waals surface area contributed by atoms with Crippen LogP contribution in [-0.4, -0.2) is 19.3 Å². The number of rotatable bonds is 5. The molecular formula is C15H25ClN4. The average Bonchev–Trinajstić information content (AvgIpc) is 2.85. The van der Waals surface area contributed by atoms with Crippen LogP contribution in [0.3, 0.4) is 0 Å². The minimum absolute atomic E-state index is 0.297. The minimum atomic E-state index is 0.297. The molecule has 20 heavy (non-hydrogen) atoms. The van der Waals surface area contributed by atoms with Crippen LogP contribution in [0.1, 0.15) is 52.1 Å². The second-order valence-corrected chi connectivity index (χ2v) is 6.88. The van der Waals surface area contributed by atoms with E-state index >= 15 is 0 Å². The number of fused-ring (bicyclic) bond motifs is 1. The lowest BCUT2D eigenvalue weighted by Crippen LogP contribution is -2.13. The van der Waals surface area contributed by atoms with Crippen LogP contribution in [0.4, 0.5) is 0 Å². The standard InChI is InChI=1S/C15H25ClN4/c1-6-7-11-13-14(19(5)18-11)20(12(10-16)17-13)9-8-15(2,3)4/h6-10H2,1-5H3. The summed E-state index contributed by atoms with van der Waals surface area (Å²) in [5, 5.41) is 4.61. The Morgan fingerprint density at radius 1 is 1.25 bits per heavy atom. The highest BCUT2D eigenvalue weighted by atomic mass is 35.5. The van der Waals surface area contributed by atoms with E-state index < -0.39 is 0 Å². The molecule has 0 unspecified atom stereocenters. The number of alkyl halides is 1. The van der Waals surface area contributed by atoms with Crippen molar-refractivity contribution in [2.45, 2.75) is 59.4 Å². The number of hydrogen-bond donors (Lipinski definition) is 0. The lowest BCUT2D eigenvalue weighted by molar-refractivity contribution is 0.349. The molecule has 0 saturated heterocycles. The van der Waals surface area contributed by atoms with Gasteiger partial charge in [-0.3, -0.25) is 4.68 Å². The molecule has 5 heteroatoms. The fraction of sp³-hybridized carbons (Fsp3) is 0.733. The zero-order valence-electron chi connectivity index (χ0n) is 13.2. The molecule has 0 spiro atoms. The average molecular weight is 297 g/mol. The molecule has 2 aromatic rings. The van der Waals surface area contributed by atoms with E-state index in [0.29, 0.717) is 11.3 Å². The largest absolute Gasteiger partial charge is 0.312 e. The van der Waals surface area contributed by atoms with Crippen molar-refractivity contribution in [3.63, 3.8) is 0 Å². The summed E-state index contributed by atoms with van der Waals surface area (Å²) in [4.78, 5) is 4.72. The molecular weight excluding hydrogens is 272 g/mol. The number of halogens is 1. The summed E-state index contributed by atoms with van der Waals surface area (Å²) in [7, 11) is 1.99. The molecule has 0 atom stereocenters. The molecule has 0 aliphatic carbocycles. The summed E-state index contributed by atoms with van der Waals surface area (Å²) >= 11 is 6.08. The molecule has 0 radical (unpaired) electrons. The lowest BCUT2D eigenvalue weighted by atomic mass is 9.92. The van der Waals surface area contributed by atoms with Gasteiger partial charge in [0.05, 0.1) is 11.6 Å². The molecule has 0 saturated carbocycles. The zero-order valence-corrected chi connectivity index (χ0v) is 14.0. The second kappa shape index (κ2) is 5.76. The monoisotopic (exact) mass is 296 g/mol. The predicted molar refractivity (Wildman–Crippen MR) is 84.1 cm³/mol. The molecule has 0 aliphatic rings. The van der Waals surface area contributed by atoms with Crippen LogP contribution < -0.4 is 0 Å². The van der Waals surface area contributed by atoms with Crippen molar-refractivity contribution in [1.82, 2.24) is 19.3 Å². The molecule has 0 amide bonds. The van der Waals surface area contributed by atoms with Gasteiger partial charge >= 0.3 is 0 Å². The van der Waals surface area contributed by atoms with Crippen LogP contribution in [0.2, 0.25) is 0 Å². The van der Waals surface area contributed by atoms with Gasteiger partial charge in [-0.2, -0.15) is 5.10 Å². The normalized spacial score (nSPS) is 12.5. The van der Waals surface area contributed by atoms with Gasteiger partial charge in [-0.05, 0) is 18.3 Å². The van der Waals surface area contributed by atoms with Crippen molar-refractivity contribution in [2.24, 2.45) is 12.5 Å². The topological polar surface area (TPSA) is 35.6 Å². The molecule has 0 aromatic carbocycles. The van der Waals surface area contributed by atoms with E-state index in [2.05, 4.69) is 37.4 Å². The van der Waals surface area contributed by atoms with Crippen molar-refractivity contribution in [1.29, 1.82) is 0 Å². The summed E-state index contributed by atoms with van der Waals surface area (Å²) in [6, 6.07) is 0. The lowest BCUT2D eigenvalue weighted by Gasteiger charge is -2.19. The smallest absolute Gasteiger partial charge is 0.158 e. The van der Waals surface area contributed by atoms with Crippen molar-refractivity contribution >= 4 is 22.8 Å². The number of hydrogen-bond acceptors (Lipinski definition) is 2. The maximum atomic E-state index is 6.08. The van der Waals surface area contributed by atoms with Gasteiger partial charge < -0.3 is 4.57 Å². The molecule has 0 bridgehead atoms. The minimum Gasteiger partial charge on any atom is -0.312 e. The fourth-order valence-corrected chi connectivity index (χ4v) is 2.68. The molecule has 112 valence electrons. The highest BCUT2D eigenvalue weighted by Crippen LogP contribution is 2.25. The Balaban J connectivity index is 2.46. The summed E-state index contributed by atoms with van der Waals surface area (Å²) in [6.07, 6.45) is 3.14. The van der Waals surface area contributed by atoms with Gasteiger partial charge in [-0.1, -0.05) is 34.1 Å². The number of imidazole rings is 1. The zero-order chi connectivity index (χ0) is 14.9. The summed E-state index contributed by atoms with van der Waals surface area (Å²) in [5.74, 6) is 1.40. The van der Waals surface area contributed by atoms with Crippen LogP contribution in [0.5, 0.6) is 0 Å². The third-order valence-electron chi connectivity index (χ3n) is 3.56. The van der Waals surface area contributed by atoms with E-state index in [-0.39, 0.29) is 0 Å². The van der Waals surface area contributed by atoms with E-state index in [1.165, 1.54) is 0 Å². The van der Waals surface area contributed by atoms with Gasteiger partial charge in [0, 0.05) is 13.6 Å². The maximum Gasteiger partial charge on any atom is 0.158 e. The summed E-state index contributed by atoms with van der Waals surface area (Å²) in [6.45, 7) is 9.88. The Bertz CT molecular complexity index is 589. The van der Waals surface area contributed by atoms with Crippen molar-refractivity contribution < 1.29 is 0 Å². The van der Waals surface area contributed by atoms with Crippen LogP contribution in [-0.2, 0) is 25.9 Å². The molecule has 0 aliphatic heterocycles. The van der Waals surface area contributed by atoms with Crippen molar-refractivity contribution in [3.8, 4) is 0 Å². The first-order valence-electron chi connectivity index (χ1n) is 7.34. The second-order valence-electron chi connectivity index (χ2n) is 6.62. The molecule has 2 rings (SSSR count). The highest BCUT2D eigenvalue weighted by molar-refractivity contribution is 6.16. The van der Waals surface area contributed by atoms with E-state index in [1.807, 2.05) is 11.7 Å². The fourth-order valence-electron chi connectivity index (χ4n) is 2.48. The first kappa shape index (κ1) is 15.4. The van der Waals surface area contributed by atoms with Gasteiger partial charge in [-0.25, -0.2) is 4.98 Å². The van der Waals surface area contributed by atoms with E-state index in [0.717, 1.165) is 48.5 Å². The van der Waals surface area contributed by atoms with E-state index in [4.69, 9.17) is 16.6 Å². The first-order valence-corrected chi connectivity index (χ1v) is 7.87. The molecule has 0 N–H and O–H groups in total. The Morgan fingerprint density at radius 2 is 1.95 bits per heavy atom. The Hall–Kier alpha value is -1.03. The third kappa shape index (κ3) is 3.00. The SMILES string of the molecule is CCCc1nn(C)c2c1nc(CCl)n2CCC(C)(C)C. The predicted octanol–water partition coefficient (Wildman–Crippen LogP) is 3.90. The molecule has 4 nitrogen and oxygen atoms in total. The first-order chi connectivity index (χ1) is 9.37. The Labute approximate surface area is 126 Å². The summed E-state index contributed by atoms with van der Waals surface area (Å²) < 4.78 is 4.19. The van der Waals surface area contributed by atoms with Gasteiger partial charge in [0.2, 0.25) is 0 Å². The highest BCUT2D eigenvalue weighted by Gasteiger charge is 2.20. The van der Waals surface area contributed by atoms with Gasteiger partial charge in [0.15, 0.2) is 5.65 Å². The number of aryl methyl sites for hydroxylation is 3. The van der Waals surface area contributed by atoms with E-state index in [9.17, 15) is 0 Å². The van der Waals surface area contributed by atoms with Crippen LogP contribution in [0, 0.1) is 5.41 Å². The number of aromatic nitrogens is 4. The van der Waals surface area contributed by atoms with Crippen LogP contribution in [0.15, 0.2) is 0 Å². The third-order valence-corrected chi connectivity index (χ3v) is 3.80. The van der Waals surface area contributed by atoms with Crippen LogP contribution >= 0.6 is 11.6 Å². The Kier molecular flexibility index (Phi) is 4.43. The van der Waals surface area contributed by atoms with Crippen LogP contribution in [0.25, 0.3) is 11.2 Å². The van der Waals surface area contributed by atoms with Gasteiger partial charge in [0.1, 0.15) is 11.3 Å². The van der Waals surface area contributed by atoms with Gasteiger partial charge in [-0.15, -0.1) is 11.6 Å². The summed E-state index contributed by atoms with van der Waals surface area (Å²) in [5.41, 5.74) is 3.52. The molecule has 2 heterocycles. The van der Waals surface area contributed by atoms with Crippen molar-refractivity contribution in [3.05, 3.63) is 11.5 Å². The molecule has 2 aromatic heterocycles. The number of nitrogens with zero attached hydrogens (tertiary/aromatic N) is 4. The Morgan fingerprint density at radius 3 is 2.50 bits per heavy atom. The quantitative estimate of drug-likeness (QED) is 0.785. The molecule has 0 fully saturated rings. The van der Waals surface area contributed by atoms with E-state index in [1.54, 1.807) is 0 Å². The van der Waals surface area contributed by atoms with Gasteiger partial charge in [0.25, 0.3) is 0 Å². The maximum absolute atomic E-state index is 6.08. The van der Waals surface area contributed by atoms with Crippen molar-refractivity contribution in [2.75, 3.05) is 0 Å².